The quantitative estimate of drug-likeness (QED) is 0.324. The van der Waals surface area contributed by atoms with Crippen LogP contribution in [-0.2, 0) is 6.54 Å². The van der Waals surface area contributed by atoms with E-state index in [9.17, 15) is 0 Å². The number of hydrogen-bond acceptors (Lipinski definition) is 0. The van der Waals surface area contributed by atoms with Crippen LogP contribution >= 0.6 is 0 Å². The lowest BCUT2D eigenvalue weighted by Crippen LogP contribution is -2.35. The van der Waals surface area contributed by atoms with Crippen molar-refractivity contribution in [3.63, 3.8) is 0 Å². The first-order valence-electron chi connectivity index (χ1n) is 10.3. The van der Waals surface area contributed by atoms with Crippen molar-refractivity contribution in [2.45, 2.75) is 19.5 Å². The Labute approximate surface area is 169 Å². The van der Waals surface area contributed by atoms with E-state index in [1.165, 1.54) is 55.2 Å². The monoisotopic (exact) mass is 372 g/mol. The highest BCUT2D eigenvalue weighted by Crippen LogP contribution is 2.43. The molecular formula is C27H20N2+2. The van der Waals surface area contributed by atoms with Gasteiger partial charge in [-0.05, 0) is 35.0 Å². The van der Waals surface area contributed by atoms with E-state index in [4.69, 9.17) is 0 Å². The zero-order valence-corrected chi connectivity index (χ0v) is 16.3. The summed E-state index contributed by atoms with van der Waals surface area (Å²) in [6.45, 7) is 3.27. The van der Waals surface area contributed by atoms with Gasteiger partial charge in [0.25, 0.3) is 0 Å². The molecule has 0 spiro atoms. The van der Waals surface area contributed by atoms with Gasteiger partial charge in [0.15, 0.2) is 25.0 Å². The lowest BCUT2D eigenvalue weighted by molar-refractivity contribution is -0.693. The van der Waals surface area contributed by atoms with Crippen LogP contribution in [0.2, 0.25) is 0 Å². The maximum absolute atomic E-state index is 2.46. The lowest BCUT2D eigenvalue weighted by atomic mass is 9.93. The van der Waals surface area contributed by atoms with Crippen LogP contribution in [0.4, 0.5) is 0 Å². The smallest absolute Gasteiger partial charge is 0.193 e. The minimum absolute atomic E-state index is 0.346. The number of nitrogens with zero attached hydrogens (tertiary/aromatic N) is 2. The Morgan fingerprint density at radius 2 is 1.41 bits per heavy atom. The summed E-state index contributed by atoms with van der Waals surface area (Å²) in [6, 6.07) is 27.2. The zero-order valence-electron chi connectivity index (χ0n) is 16.3. The van der Waals surface area contributed by atoms with Gasteiger partial charge >= 0.3 is 0 Å². The highest BCUT2D eigenvalue weighted by molar-refractivity contribution is 5.97. The molecule has 2 aliphatic heterocycles. The van der Waals surface area contributed by atoms with Gasteiger partial charge in [0.05, 0.1) is 21.9 Å². The van der Waals surface area contributed by atoms with Crippen molar-refractivity contribution in [2.75, 3.05) is 0 Å². The maximum Gasteiger partial charge on any atom is 0.221 e. The fraction of sp³-hybridized carbons (Fsp3) is 0.111. The van der Waals surface area contributed by atoms with Gasteiger partial charge < -0.3 is 0 Å². The van der Waals surface area contributed by atoms with E-state index >= 15 is 0 Å². The Morgan fingerprint density at radius 3 is 2.21 bits per heavy atom. The van der Waals surface area contributed by atoms with E-state index in [1.54, 1.807) is 0 Å². The van der Waals surface area contributed by atoms with Gasteiger partial charge in [0.1, 0.15) is 0 Å². The molecule has 1 atom stereocenters. The number of benzene rings is 3. The molecule has 0 saturated carbocycles. The van der Waals surface area contributed by atoms with E-state index in [0.717, 1.165) is 6.54 Å². The SMILES string of the molecule is CC1c2cc3c(cc2-c2c4ccccc4cc[n+]21)C[n+]1ccc2ccccc2c1-3. The Bertz CT molecular complexity index is 1500. The fourth-order valence-electron chi connectivity index (χ4n) is 5.42. The summed E-state index contributed by atoms with van der Waals surface area (Å²) in [4.78, 5) is 0. The molecule has 2 heteroatoms. The van der Waals surface area contributed by atoms with Crippen LogP contribution in [0.3, 0.4) is 0 Å². The molecule has 0 fully saturated rings. The van der Waals surface area contributed by atoms with Crippen molar-refractivity contribution in [3.8, 4) is 22.5 Å². The number of rotatable bonds is 0. The van der Waals surface area contributed by atoms with Gasteiger partial charge in [-0.15, -0.1) is 0 Å². The van der Waals surface area contributed by atoms with Crippen molar-refractivity contribution in [1.29, 1.82) is 0 Å². The molecule has 5 aromatic rings. The third-order valence-corrected chi connectivity index (χ3v) is 6.82. The first-order chi connectivity index (χ1) is 14.3. The molecule has 2 nitrogen and oxygen atoms in total. The van der Waals surface area contributed by atoms with Gasteiger partial charge in [0.2, 0.25) is 11.4 Å². The molecule has 136 valence electrons. The first-order valence-corrected chi connectivity index (χ1v) is 10.3. The molecule has 0 bridgehead atoms. The summed E-state index contributed by atoms with van der Waals surface area (Å²) >= 11 is 0. The van der Waals surface area contributed by atoms with Gasteiger partial charge in [-0.1, -0.05) is 36.4 Å². The predicted molar refractivity (Wildman–Crippen MR) is 116 cm³/mol. The van der Waals surface area contributed by atoms with E-state index in [1.807, 2.05) is 0 Å². The second kappa shape index (κ2) is 5.30. The molecule has 2 aromatic heterocycles. The van der Waals surface area contributed by atoms with Gasteiger partial charge in [-0.3, -0.25) is 0 Å². The second-order valence-corrected chi connectivity index (χ2v) is 8.31. The standard InChI is InChI=1S/C27H20N2/c1-17-23-15-24-20(16-28-12-10-18-6-2-4-8-21(18)26(24)28)14-25(23)27-22-9-5-3-7-19(22)11-13-29(17)27/h2-15,17H,16H2,1H3/q+2. The van der Waals surface area contributed by atoms with Gasteiger partial charge in [-0.2, -0.15) is 9.13 Å². The van der Waals surface area contributed by atoms with Crippen molar-refractivity contribution in [2.24, 2.45) is 0 Å². The molecule has 0 amide bonds. The Hall–Kier alpha value is -3.52. The van der Waals surface area contributed by atoms with E-state index in [0.29, 0.717) is 6.04 Å². The molecule has 7 rings (SSSR count). The molecule has 0 saturated heterocycles. The summed E-state index contributed by atoms with van der Waals surface area (Å²) in [5.74, 6) is 0. The van der Waals surface area contributed by atoms with Gasteiger partial charge in [-0.25, -0.2) is 0 Å². The van der Waals surface area contributed by atoms with Crippen LogP contribution in [0.1, 0.15) is 24.1 Å². The zero-order chi connectivity index (χ0) is 19.1. The third kappa shape index (κ3) is 1.91. The third-order valence-electron chi connectivity index (χ3n) is 6.82. The van der Waals surface area contributed by atoms with Crippen molar-refractivity contribution >= 4 is 21.5 Å². The van der Waals surface area contributed by atoms with Crippen LogP contribution < -0.4 is 9.13 Å². The number of pyridine rings is 2. The summed E-state index contributed by atoms with van der Waals surface area (Å²) in [5, 5.41) is 5.30. The Morgan fingerprint density at radius 1 is 0.724 bits per heavy atom. The predicted octanol–water partition coefficient (Wildman–Crippen LogP) is 5.19. The molecule has 4 heterocycles. The van der Waals surface area contributed by atoms with Crippen LogP contribution in [-0.4, -0.2) is 0 Å². The summed E-state index contributed by atoms with van der Waals surface area (Å²) < 4.78 is 4.85. The minimum atomic E-state index is 0.346. The van der Waals surface area contributed by atoms with Crippen molar-refractivity contribution in [3.05, 3.63) is 96.3 Å². The molecule has 0 aliphatic carbocycles. The summed E-state index contributed by atoms with van der Waals surface area (Å²) in [7, 11) is 0. The van der Waals surface area contributed by atoms with E-state index < -0.39 is 0 Å². The first kappa shape index (κ1) is 15.4. The summed E-state index contributed by atoms with van der Waals surface area (Å²) in [6.07, 6.45) is 4.50. The molecule has 2 aliphatic rings. The molecule has 1 unspecified atom stereocenters. The number of fused-ring (bicyclic) bond motifs is 10. The van der Waals surface area contributed by atoms with Crippen LogP contribution in [0.25, 0.3) is 44.1 Å². The average Bonchev–Trinajstić information content (AvgIpc) is 3.27. The minimum Gasteiger partial charge on any atom is -0.193 e. The number of aromatic nitrogens is 2. The van der Waals surface area contributed by atoms with Crippen LogP contribution in [0.5, 0.6) is 0 Å². The largest absolute Gasteiger partial charge is 0.221 e. The Balaban J connectivity index is 1.54. The normalized spacial score (nSPS) is 16.0. The molecule has 3 aromatic carbocycles. The molecule has 29 heavy (non-hydrogen) atoms. The molecule has 0 radical (unpaired) electrons. The molecule has 0 N–H and O–H groups in total. The van der Waals surface area contributed by atoms with E-state index in [-0.39, 0.29) is 0 Å². The highest BCUT2D eigenvalue weighted by atomic mass is 15.0. The fourth-order valence-corrected chi connectivity index (χ4v) is 5.42. The number of hydrogen-bond donors (Lipinski definition) is 0. The lowest BCUT2D eigenvalue weighted by Gasteiger charge is -2.04. The topological polar surface area (TPSA) is 7.76 Å². The highest BCUT2D eigenvalue weighted by Gasteiger charge is 2.39. The average molecular weight is 372 g/mol. The molecular weight excluding hydrogens is 352 g/mol. The van der Waals surface area contributed by atoms with Crippen molar-refractivity contribution in [1.82, 2.24) is 0 Å². The Kier molecular flexibility index (Phi) is 2.81. The second-order valence-electron chi connectivity index (χ2n) is 8.31. The van der Waals surface area contributed by atoms with Gasteiger partial charge in [0, 0.05) is 30.2 Å². The van der Waals surface area contributed by atoms with Crippen LogP contribution in [0.15, 0.2) is 85.2 Å². The summed E-state index contributed by atoms with van der Waals surface area (Å²) in [5.41, 5.74) is 8.36. The van der Waals surface area contributed by atoms with Crippen LogP contribution in [0, 0.1) is 0 Å². The van der Waals surface area contributed by atoms with E-state index in [2.05, 4.69) is 101 Å². The van der Waals surface area contributed by atoms with Crippen molar-refractivity contribution < 1.29 is 9.13 Å². The maximum atomic E-state index is 2.46.